The monoisotopic (exact) mass is 180 g/mol. The number of pyridine rings is 1. The third kappa shape index (κ3) is 2.11. The molecule has 0 saturated heterocycles. The molecule has 13 heavy (non-hydrogen) atoms. The van der Waals surface area contributed by atoms with Crippen LogP contribution in [0.3, 0.4) is 0 Å². The number of anilines is 1. The predicted molar refractivity (Wildman–Crippen MR) is 54.4 cm³/mol. The van der Waals surface area contributed by atoms with Crippen LogP contribution in [-0.4, -0.2) is 25.2 Å². The number of ether oxygens (including phenoxy) is 1. The van der Waals surface area contributed by atoms with Crippen LogP contribution in [0.2, 0.25) is 0 Å². The van der Waals surface area contributed by atoms with E-state index in [4.69, 9.17) is 4.74 Å². The molecule has 1 aromatic heterocycles. The van der Waals surface area contributed by atoms with Gasteiger partial charge in [-0.15, -0.1) is 0 Å². The van der Waals surface area contributed by atoms with Crippen molar-refractivity contribution in [1.82, 2.24) is 4.98 Å². The molecule has 0 radical (unpaired) electrons. The number of hydrogen-bond donors (Lipinski definition) is 0. The van der Waals surface area contributed by atoms with Crippen molar-refractivity contribution >= 4 is 5.69 Å². The third-order valence-corrected chi connectivity index (χ3v) is 1.83. The minimum Gasteiger partial charge on any atom is -0.474 e. The van der Waals surface area contributed by atoms with Crippen molar-refractivity contribution in [3.8, 4) is 5.88 Å². The van der Waals surface area contributed by atoms with Gasteiger partial charge in [0.05, 0.1) is 12.2 Å². The van der Waals surface area contributed by atoms with Crippen LogP contribution in [0.15, 0.2) is 18.3 Å². The molecule has 0 bridgehead atoms. The van der Waals surface area contributed by atoms with Gasteiger partial charge in [0.15, 0.2) is 0 Å². The Morgan fingerprint density at radius 3 is 2.92 bits per heavy atom. The van der Waals surface area contributed by atoms with Crippen molar-refractivity contribution in [2.24, 2.45) is 0 Å². The largest absolute Gasteiger partial charge is 0.474 e. The molecule has 3 heteroatoms. The minimum atomic E-state index is 0.737. The fourth-order valence-corrected chi connectivity index (χ4v) is 1.18. The van der Waals surface area contributed by atoms with Crippen molar-refractivity contribution in [2.75, 3.05) is 25.1 Å². The smallest absolute Gasteiger partial charge is 0.237 e. The fraction of sp³-hybridized carbons (Fsp3) is 0.500. The molecule has 0 atom stereocenters. The van der Waals surface area contributed by atoms with Gasteiger partial charge in [0.1, 0.15) is 6.61 Å². The number of hydrogen-bond acceptors (Lipinski definition) is 3. The Morgan fingerprint density at radius 1 is 1.46 bits per heavy atom. The number of nitrogens with zero attached hydrogens (tertiary/aromatic N) is 2. The molecule has 1 aliphatic heterocycles. The first-order valence-corrected chi connectivity index (χ1v) is 4.67. The molecule has 3 nitrogen and oxygen atoms in total. The first-order valence-electron chi connectivity index (χ1n) is 4.67. The van der Waals surface area contributed by atoms with Gasteiger partial charge in [-0.25, -0.2) is 4.98 Å². The summed E-state index contributed by atoms with van der Waals surface area (Å²) in [5.74, 6) is 0.751. The van der Waals surface area contributed by atoms with E-state index in [9.17, 15) is 0 Å². The lowest BCUT2D eigenvalue weighted by atomic mass is 10.3. The molecular weight excluding hydrogens is 164 g/mol. The quantitative estimate of drug-likeness (QED) is 0.610. The fourth-order valence-electron chi connectivity index (χ4n) is 1.18. The molecule has 1 aliphatic rings. The van der Waals surface area contributed by atoms with Crippen LogP contribution in [0.4, 0.5) is 5.69 Å². The summed E-state index contributed by atoms with van der Waals surface area (Å²) in [4.78, 5) is 6.25. The summed E-state index contributed by atoms with van der Waals surface area (Å²) >= 11 is 0. The van der Waals surface area contributed by atoms with E-state index < -0.39 is 0 Å². The summed E-state index contributed by atoms with van der Waals surface area (Å²) in [6.45, 7) is 5.68. The van der Waals surface area contributed by atoms with Crippen LogP contribution in [0.5, 0.6) is 5.88 Å². The van der Waals surface area contributed by atoms with Crippen molar-refractivity contribution in [1.29, 1.82) is 0 Å². The number of aromatic nitrogens is 1. The standard InChI is InChI=1S/C8H10N2O.C2H6/c1-10-5-6-11-8-7(10)3-2-4-9-8;1-2/h2-4H,5-6H2,1H3;1-2H3. The Hall–Kier alpha value is -1.25. The van der Waals surface area contributed by atoms with Crippen LogP contribution in [0, 0.1) is 0 Å². The maximum absolute atomic E-state index is 5.34. The molecule has 1 aromatic rings. The summed E-state index contributed by atoms with van der Waals surface area (Å²) in [7, 11) is 2.04. The van der Waals surface area contributed by atoms with E-state index in [1.165, 1.54) is 0 Å². The Labute approximate surface area is 79.3 Å². The minimum absolute atomic E-state index is 0.737. The van der Waals surface area contributed by atoms with Crippen molar-refractivity contribution in [2.45, 2.75) is 13.8 Å². The summed E-state index contributed by atoms with van der Waals surface area (Å²) in [6, 6.07) is 3.94. The van der Waals surface area contributed by atoms with E-state index in [0.29, 0.717) is 0 Å². The third-order valence-electron chi connectivity index (χ3n) is 1.83. The van der Waals surface area contributed by atoms with Gasteiger partial charge >= 0.3 is 0 Å². The molecule has 2 heterocycles. The maximum atomic E-state index is 5.34. The van der Waals surface area contributed by atoms with Crippen LogP contribution in [-0.2, 0) is 0 Å². The Bertz CT molecular complexity index is 263. The Kier molecular flexibility index (Phi) is 3.55. The Morgan fingerprint density at radius 2 is 2.23 bits per heavy atom. The van der Waals surface area contributed by atoms with Gasteiger partial charge in [0, 0.05) is 13.2 Å². The first-order chi connectivity index (χ1) is 6.38. The number of likely N-dealkylation sites (N-methyl/N-ethyl adjacent to an activating group) is 1. The molecule has 0 aliphatic carbocycles. The topological polar surface area (TPSA) is 25.4 Å². The molecule has 0 saturated carbocycles. The number of fused-ring (bicyclic) bond motifs is 1. The summed E-state index contributed by atoms with van der Waals surface area (Å²) in [6.07, 6.45) is 1.75. The highest BCUT2D eigenvalue weighted by molar-refractivity contribution is 5.55. The highest BCUT2D eigenvalue weighted by Gasteiger charge is 2.13. The van der Waals surface area contributed by atoms with E-state index in [1.807, 2.05) is 33.0 Å². The van der Waals surface area contributed by atoms with Crippen molar-refractivity contribution in [3.05, 3.63) is 18.3 Å². The van der Waals surface area contributed by atoms with E-state index in [-0.39, 0.29) is 0 Å². The van der Waals surface area contributed by atoms with Gasteiger partial charge < -0.3 is 9.64 Å². The second-order valence-corrected chi connectivity index (χ2v) is 2.60. The summed E-state index contributed by atoms with van der Waals surface area (Å²) < 4.78 is 5.34. The maximum Gasteiger partial charge on any atom is 0.237 e. The molecule has 0 amide bonds. The zero-order valence-corrected chi connectivity index (χ0v) is 8.45. The average molecular weight is 180 g/mol. The van der Waals surface area contributed by atoms with Crippen LogP contribution < -0.4 is 9.64 Å². The van der Waals surface area contributed by atoms with Gasteiger partial charge in [0.2, 0.25) is 5.88 Å². The molecule has 2 rings (SSSR count). The van der Waals surface area contributed by atoms with Crippen LogP contribution >= 0.6 is 0 Å². The molecular formula is C10H16N2O. The van der Waals surface area contributed by atoms with Crippen LogP contribution in [0.1, 0.15) is 13.8 Å². The highest BCUT2D eigenvalue weighted by Crippen LogP contribution is 2.26. The van der Waals surface area contributed by atoms with Crippen LogP contribution in [0.25, 0.3) is 0 Å². The lowest BCUT2D eigenvalue weighted by molar-refractivity contribution is 0.299. The van der Waals surface area contributed by atoms with E-state index in [0.717, 1.165) is 24.7 Å². The lowest BCUT2D eigenvalue weighted by Gasteiger charge is -2.25. The molecule has 72 valence electrons. The van der Waals surface area contributed by atoms with E-state index in [2.05, 4.69) is 9.88 Å². The van der Waals surface area contributed by atoms with Crippen molar-refractivity contribution < 1.29 is 4.74 Å². The predicted octanol–water partition coefficient (Wildman–Crippen LogP) is 1.94. The van der Waals surface area contributed by atoms with E-state index >= 15 is 0 Å². The second-order valence-electron chi connectivity index (χ2n) is 2.60. The number of rotatable bonds is 0. The molecule has 0 N–H and O–H groups in total. The lowest BCUT2D eigenvalue weighted by Crippen LogP contribution is -2.29. The first kappa shape index (κ1) is 9.84. The Balaban J connectivity index is 0.000000396. The molecule has 0 unspecified atom stereocenters. The SMILES string of the molecule is CC.CN1CCOc2ncccc21. The van der Waals surface area contributed by atoms with Gasteiger partial charge in [0.25, 0.3) is 0 Å². The van der Waals surface area contributed by atoms with E-state index in [1.54, 1.807) is 6.20 Å². The molecule has 0 fully saturated rings. The summed E-state index contributed by atoms with van der Waals surface area (Å²) in [5, 5.41) is 0. The summed E-state index contributed by atoms with van der Waals surface area (Å²) in [5.41, 5.74) is 1.08. The zero-order valence-electron chi connectivity index (χ0n) is 8.45. The zero-order chi connectivity index (χ0) is 9.68. The van der Waals surface area contributed by atoms with Gasteiger partial charge in [-0.2, -0.15) is 0 Å². The molecule has 0 aromatic carbocycles. The molecule has 0 spiro atoms. The second kappa shape index (κ2) is 4.70. The van der Waals surface area contributed by atoms with Crippen molar-refractivity contribution in [3.63, 3.8) is 0 Å². The van der Waals surface area contributed by atoms with Gasteiger partial charge in [-0.3, -0.25) is 0 Å². The average Bonchev–Trinajstić information content (AvgIpc) is 2.22. The normalized spacial score (nSPS) is 13.6. The van der Waals surface area contributed by atoms with Gasteiger partial charge in [-0.1, -0.05) is 13.8 Å². The highest BCUT2D eigenvalue weighted by atomic mass is 16.5. The van der Waals surface area contributed by atoms with Gasteiger partial charge in [-0.05, 0) is 12.1 Å².